The summed E-state index contributed by atoms with van der Waals surface area (Å²) in [4.78, 5) is 0. The van der Waals surface area contributed by atoms with Crippen molar-refractivity contribution in [3.05, 3.63) is 35.5 Å². The Kier molecular flexibility index (Phi) is 7.36. The lowest BCUT2D eigenvalue weighted by atomic mass is 9.61. The summed E-state index contributed by atoms with van der Waals surface area (Å²) in [6.07, 6.45) is 13.1. The molecule has 0 aliphatic heterocycles. The Morgan fingerprint density at radius 3 is 2.77 bits per heavy atom. The first-order valence-corrected chi connectivity index (χ1v) is 13.7. The van der Waals surface area contributed by atoms with Crippen LogP contribution in [0.25, 0.3) is 0 Å². The first-order chi connectivity index (χ1) is 14.1. The lowest BCUT2D eigenvalue weighted by Crippen LogP contribution is -2.36. The Morgan fingerprint density at radius 2 is 2.07 bits per heavy atom. The Hall–Kier alpha value is -0.910. The van der Waals surface area contributed by atoms with Gasteiger partial charge in [-0.05, 0) is 79.3 Å². The van der Waals surface area contributed by atoms with Crippen LogP contribution < -0.4 is 0 Å². The molecule has 3 saturated carbocycles. The second-order valence-electron chi connectivity index (χ2n) is 10.3. The van der Waals surface area contributed by atoms with E-state index in [1.54, 1.807) is 13.3 Å². The van der Waals surface area contributed by atoms with Crippen LogP contribution in [0.5, 0.6) is 0 Å². The largest absolute Gasteiger partial charge is 0.393 e. The van der Waals surface area contributed by atoms with E-state index in [0.717, 1.165) is 24.0 Å². The monoisotopic (exact) mass is 435 g/mol. The van der Waals surface area contributed by atoms with E-state index in [9.17, 15) is 14.4 Å². The zero-order valence-electron chi connectivity index (χ0n) is 19.3. The van der Waals surface area contributed by atoms with E-state index in [1.165, 1.54) is 31.3 Å². The molecule has 3 aliphatic rings. The molecule has 7 atom stereocenters. The number of fused-ring (bicyclic) bond motifs is 1. The predicted molar refractivity (Wildman–Crippen MR) is 126 cm³/mol. The lowest BCUT2D eigenvalue weighted by Gasteiger charge is -2.44. The van der Waals surface area contributed by atoms with Gasteiger partial charge in [0.25, 0.3) is 0 Å². The van der Waals surface area contributed by atoms with Gasteiger partial charge < -0.3 is 10.2 Å². The highest BCUT2D eigenvalue weighted by atomic mass is 32.2. The summed E-state index contributed by atoms with van der Waals surface area (Å²) in [5, 5.41) is 20.1. The Labute approximate surface area is 183 Å². The van der Waals surface area contributed by atoms with Crippen molar-refractivity contribution in [2.45, 2.75) is 77.4 Å². The maximum absolute atomic E-state index is 12.4. The third kappa shape index (κ3) is 4.94. The van der Waals surface area contributed by atoms with Crippen LogP contribution in [0.15, 0.2) is 39.8 Å². The fraction of sp³-hybridized carbons (Fsp3) is 0.760. The van der Waals surface area contributed by atoms with Gasteiger partial charge in [0, 0.05) is 35.2 Å². The molecule has 0 bridgehead atoms. The van der Waals surface area contributed by atoms with Gasteiger partial charge in [-0.1, -0.05) is 38.2 Å². The number of hydrogen-bond acceptors (Lipinski definition) is 4. The fourth-order valence-corrected chi connectivity index (χ4v) is 7.37. The van der Waals surface area contributed by atoms with Crippen LogP contribution >= 0.6 is 0 Å². The number of nitrogens with zero attached hydrogens (tertiary/aromatic N) is 1. The summed E-state index contributed by atoms with van der Waals surface area (Å²) in [6.45, 7) is 8.87. The highest BCUT2D eigenvalue weighted by Crippen LogP contribution is 2.59. The molecule has 1 unspecified atom stereocenters. The molecule has 170 valence electrons. The quantitative estimate of drug-likeness (QED) is 0.646. The SMILES string of the molecule is C=C1/C(=C\C=C2/CCC[C@]3(C)[C@@H]([C@H](C)CCS(C)(=O)=NC)CC[C@@H]23)C[C@@H](O)C[C@@H]1O. The third-order valence-corrected chi connectivity index (χ3v) is 10.1. The minimum absolute atomic E-state index is 0.308. The van der Waals surface area contributed by atoms with Crippen LogP contribution in [0.3, 0.4) is 0 Å². The summed E-state index contributed by atoms with van der Waals surface area (Å²) in [7, 11) is -0.360. The second-order valence-corrected chi connectivity index (χ2v) is 13.0. The summed E-state index contributed by atoms with van der Waals surface area (Å²) in [5.41, 5.74) is 3.59. The van der Waals surface area contributed by atoms with Crippen molar-refractivity contribution in [3.8, 4) is 0 Å². The number of aliphatic hydroxyl groups is 2. The van der Waals surface area contributed by atoms with Crippen molar-refractivity contribution in [3.63, 3.8) is 0 Å². The molecular formula is C25H41NO3S. The van der Waals surface area contributed by atoms with Crippen LogP contribution in [0, 0.1) is 23.2 Å². The maximum atomic E-state index is 12.4. The van der Waals surface area contributed by atoms with Crippen molar-refractivity contribution in [2.24, 2.45) is 27.5 Å². The van der Waals surface area contributed by atoms with Gasteiger partial charge >= 0.3 is 0 Å². The molecule has 5 heteroatoms. The molecule has 0 aromatic carbocycles. The van der Waals surface area contributed by atoms with Crippen LogP contribution in [-0.2, 0) is 9.73 Å². The van der Waals surface area contributed by atoms with Crippen LogP contribution in [0.4, 0.5) is 0 Å². The van der Waals surface area contributed by atoms with E-state index in [0.29, 0.717) is 41.8 Å². The molecular weight excluding hydrogens is 394 g/mol. The molecule has 3 aliphatic carbocycles. The highest BCUT2D eigenvalue weighted by Gasteiger charge is 2.50. The smallest absolute Gasteiger partial charge is 0.0811 e. The van der Waals surface area contributed by atoms with Crippen molar-refractivity contribution < 1.29 is 14.4 Å². The summed E-state index contributed by atoms with van der Waals surface area (Å²) < 4.78 is 16.5. The zero-order valence-corrected chi connectivity index (χ0v) is 20.1. The van der Waals surface area contributed by atoms with E-state index >= 15 is 0 Å². The fourth-order valence-electron chi connectivity index (χ4n) is 6.38. The van der Waals surface area contributed by atoms with Gasteiger partial charge in [0.1, 0.15) is 0 Å². The molecule has 0 radical (unpaired) electrons. The number of allylic oxidation sites excluding steroid dienone is 3. The molecule has 3 rings (SSSR count). The molecule has 0 aromatic heterocycles. The summed E-state index contributed by atoms with van der Waals surface area (Å²) in [6, 6.07) is 0. The number of rotatable bonds is 5. The average molecular weight is 436 g/mol. The molecule has 4 nitrogen and oxygen atoms in total. The summed E-state index contributed by atoms with van der Waals surface area (Å²) in [5.74, 6) is 2.52. The third-order valence-electron chi connectivity index (χ3n) is 8.33. The normalized spacial score (nSPS) is 40.3. The molecule has 0 heterocycles. The topological polar surface area (TPSA) is 69.9 Å². The first-order valence-electron chi connectivity index (χ1n) is 11.6. The van der Waals surface area contributed by atoms with Gasteiger partial charge in [-0.3, -0.25) is 4.21 Å². The molecule has 2 N–H and O–H groups in total. The van der Waals surface area contributed by atoms with Crippen molar-refractivity contribution in [1.29, 1.82) is 0 Å². The molecule has 0 amide bonds. The molecule has 3 fully saturated rings. The minimum Gasteiger partial charge on any atom is -0.393 e. The second kappa shape index (κ2) is 9.30. The lowest BCUT2D eigenvalue weighted by molar-refractivity contribution is 0.0861. The van der Waals surface area contributed by atoms with E-state index in [1.807, 2.05) is 0 Å². The van der Waals surface area contributed by atoms with E-state index in [2.05, 4.69) is 36.9 Å². The van der Waals surface area contributed by atoms with E-state index in [-0.39, 0.29) is 0 Å². The first kappa shape index (κ1) is 23.7. The zero-order chi connectivity index (χ0) is 22.1. The van der Waals surface area contributed by atoms with Crippen molar-refractivity contribution in [2.75, 3.05) is 19.1 Å². The van der Waals surface area contributed by atoms with Crippen molar-refractivity contribution in [1.82, 2.24) is 0 Å². The van der Waals surface area contributed by atoms with E-state index < -0.39 is 21.9 Å². The maximum Gasteiger partial charge on any atom is 0.0811 e. The Balaban J connectivity index is 1.75. The number of hydrogen-bond donors (Lipinski definition) is 2. The van der Waals surface area contributed by atoms with Crippen LogP contribution in [-0.4, -0.2) is 45.7 Å². The molecule has 0 aromatic rings. The van der Waals surface area contributed by atoms with Gasteiger partial charge in [-0.25, -0.2) is 4.36 Å². The molecule has 30 heavy (non-hydrogen) atoms. The van der Waals surface area contributed by atoms with Gasteiger partial charge in [-0.15, -0.1) is 0 Å². The van der Waals surface area contributed by atoms with Gasteiger partial charge in [0.2, 0.25) is 0 Å². The van der Waals surface area contributed by atoms with Crippen LogP contribution in [0.1, 0.15) is 65.2 Å². The van der Waals surface area contributed by atoms with Gasteiger partial charge in [0.15, 0.2) is 0 Å². The van der Waals surface area contributed by atoms with E-state index in [4.69, 9.17) is 0 Å². The summed E-state index contributed by atoms with van der Waals surface area (Å²) >= 11 is 0. The minimum atomic E-state index is -2.03. The van der Waals surface area contributed by atoms with Crippen molar-refractivity contribution >= 4 is 9.73 Å². The Bertz CT molecular complexity index is 835. The standard InChI is InChI=1S/C25H41NO3S/c1-17(12-14-30(5,29)26-4)22-10-11-23-19(7-6-13-25(22,23)3)8-9-20-15-21(27)16-24(28)18(20)2/h8-9,17,21-24,27-28H,2,6-7,10-16H2,1,3-5H3/b19-8+,20-9-/t17-,21-,22-,23+,24+,25-,30?/m1/s1. The highest BCUT2D eigenvalue weighted by molar-refractivity contribution is 7.92. The van der Waals surface area contributed by atoms with Gasteiger partial charge in [-0.2, -0.15) is 0 Å². The van der Waals surface area contributed by atoms with Gasteiger partial charge in [0.05, 0.1) is 12.2 Å². The molecule has 0 saturated heterocycles. The van der Waals surface area contributed by atoms with Crippen LogP contribution in [0.2, 0.25) is 0 Å². The molecule has 0 spiro atoms. The average Bonchev–Trinajstić information content (AvgIpc) is 3.05. The Morgan fingerprint density at radius 1 is 1.33 bits per heavy atom. The predicted octanol–water partition coefficient (Wildman–Crippen LogP) is 4.88. The number of aliphatic hydroxyl groups excluding tert-OH is 2.